The fraction of sp³-hybridized carbons (Fsp3) is 0.393. The summed E-state index contributed by atoms with van der Waals surface area (Å²) in [6.45, 7) is 0. The lowest BCUT2D eigenvalue weighted by Crippen LogP contribution is -2.60. The Morgan fingerprint density at radius 1 is 1.03 bits per heavy atom. The first kappa shape index (κ1) is 22.8. The molecule has 0 atom stereocenters. The first-order valence-electron chi connectivity index (χ1n) is 12.8. The van der Waals surface area contributed by atoms with Crippen LogP contribution in [0.25, 0.3) is 27.8 Å². The highest BCUT2D eigenvalue weighted by Crippen LogP contribution is 2.55. The lowest BCUT2D eigenvalue weighted by Gasteiger charge is -2.56. The molecule has 4 fully saturated rings. The number of hydrogen-bond acceptors (Lipinski definition) is 6. The van der Waals surface area contributed by atoms with Gasteiger partial charge >= 0.3 is 0 Å². The molecule has 0 aliphatic heterocycles. The molecule has 9 heteroatoms. The topological polar surface area (TPSA) is 89.2 Å². The van der Waals surface area contributed by atoms with E-state index in [1.165, 1.54) is 47.7 Å². The molecule has 4 aliphatic carbocycles. The molecule has 4 saturated carbocycles. The number of nitrogens with one attached hydrogen (secondary N) is 1. The van der Waals surface area contributed by atoms with Crippen molar-refractivity contribution in [3.8, 4) is 11.3 Å². The van der Waals surface area contributed by atoms with E-state index in [0.717, 1.165) is 37.0 Å². The highest BCUT2D eigenvalue weighted by atomic mass is 32.2. The third kappa shape index (κ3) is 4.09. The van der Waals surface area contributed by atoms with Crippen molar-refractivity contribution in [3.63, 3.8) is 0 Å². The number of aromatic nitrogens is 4. The Morgan fingerprint density at radius 3 is 2.43 bits per heavy atom. The van der Waals surface area contributed by atoms with Crippen molar-refractivity contribution in [2.24, 2.45) is 17.8 Å². The van der Waals surface area contributed by atoms with Gasteiger partial charge in [-0.15, -0.1) is 0 Å². The summed E-state index contributed by atoms with van der Waals surface area (Å²) >= 11 is 1.23. The summed E-state index contributed by atoms with van der Waals surface area (Å²) < 4.78 is 15.6. The zero-order valence-electron chi connectivity index (χ0n) is 20.2. The van der Waals surface area contributed by atoms with Crippen LogP contribution in [0.15, 0.2) is 58.5 Å². The first-order valence-corrected chi connectivity index (χ1v) is 13.8. The van der Waals surface area contributed by atoms with Crippen LogP contribution in [0.1, 0.15) is 38.5 Å². The minimum absolute atomic E-state index is 0.0291. The normalized spacial score (nSPS) is 26.1. The first-order chi connectivity index (χ1) is 17.9. The van der Waals surface area contributed by atoms with E-state index in [-0.39, 0.29) is 22.9 Å². The number of benzene rings is 2. The summed E-state index contributed by atoms with van der Waals surface area (Å²) in [4.78, 5) is 35.0. The van der Waals surface area contributed by atoms with Gasteiger partial charge in [0.05, 0.1) is 11.3 Å². The van der Waals surface area contributed by atoms with Gasteiger partial charge in [-0.05, 0) is 68.4 Å². The predicted molar refractivity (Wildman–Crippen MR) is 140 cm³/mol. The summed E-state index contributed by atoms with van der Waals surface area (Å²) in [5.41, 5.74) is 0.951. The van der Waals surface area contributed by atoms with Crippen molar-refractivity contribution in [1.29, 1.82) is 0 Å². The van der Waals surface area contributed by atoms with Gasteiger partial charge in [-0.2, -0.15) is 14.6 Å². The number of rotatable bonds is 5. The molecule has 1 N–H and O–H groups in total. The number of nitrogens with zero attached hydrogens (tertiary/aromatic N) is 4. The quantitative estimate of drug-likeness (QED) is 0.237. The summed E-state index contributed by atoms with van der Waals surface area (Å²) in [5.74, 6) is 1.91. The Kier molecular flexibility index (Phi) is 5.32. The molecular weight excluding hydrogens is 489 g/mol. The Labute approximate surface area is 216 Å². The maximum atomic E-state index is 14.0. The van der Waals surface area contributed by atoms with Crippen LogP contribution in [0, 0.1) is 23.6 Å². The van der Waals surface area contributed by atoms with Crippen molar-refractivity contribution in [3.05, 3.63) is 64.7 Å². The smallest absolute Gasteiger partial charge is 0.300 e. The van der Waals surface area contributed by atoms with Gasteiger partial charge in [0.2, 0.25) is 5.91 Å². The zero-order chi connectivity index (χ0) is 25.1. The second-order valence-electron chi connectivity index (χ2n) is 11.0. The third-order valence-corrected chi connectivity index (χ3v) is 9.16. The van der Waals surface area contributed by atoms with Crippen molar-refractivity contribution in [1.82, 2.24) is 24.9 Å². The summed E-state index contributed by atoms with van der Waals surface area (Å²) in [5, 5.41) is 8.91. The van der Waals surface area contributed by atoms with Gasteiger partial charge in [-0.1, -0.05) is 42.1 Å². The van der Waals surface area contributed by atoms with E-state index in [1.807, 2.05) is 18.2 Å². The third-order valence-electron chi connectivity index (χ3n) is 8.23. The van der Waals surface area contributed by atoms with Crippen LogP contribution in [0.5, 0.6) is 0 Å². The van der Waals surface area contributed by atoms with Crippen LogP contribution in [-0.4, -0.2) is 36.8 Å². The number of fused-ring (bicyclic) bond motifs is 3. The standard InChI is InChI=1S/C28H26FN5O2S/c29-20-6-7-21-22(11-20)30-27(34-25(21)31-26(36)24(33-34)19-4-2-1-3-5-19)37-15-23(35)32-28-12-16-8-17(13-28)10-18(9-16)14-28/h1-7,11,16-18H,8-10,12-15H2,(H,32,35). The number of thioether (sulfide) groups is 1. The number of amides is 1. The summed E-state index contributed by atoms with van der Waals surface area (Å²) in [7, 11) is 0. The van der Waals surface area contributed by atoms with Crippen LogP contribution >= 0.6 is 11.8 Å². The van der Waals surface area contributed by atoms with E-state index < -0.39 is 11.4 Å². The second kappa shape index (κ2) is 8.62. The molecule has 0 spiro atoms. The molecule has 2 heterocycles. The van der Waals surface area contributed by atoms with Gasteiger partial charge in [-0.3, -0.25) is 9.59 Å². The Balaban J connectivity index is 1.23. The van der Waals surface area contributed by atoms with Crippen LogP contribution in [-0.2, 0) is 4.79 Å². The van der Waals surface area contributed by atoms with Crippen molar-refractivity contribution >= 4 is 34.2 Å². The van der Waals surface area contributed by atoms with Gasteiger partial charge in [-0.25, -0.2) is 9.37 Å². The molecule has 4 aromatic rings. The molecule has 0 saturated heterocycles. The van der Waals surface area contributed by atoms with E-state index in [0.29, 0.717) is 27.3 Å². The van der Waals surface area contributed by atoms with E-state index in [2.05, 4.69) is 20.4 Å². The summed E-state index contributed by atoms with van der Waals surface area (Å²) in [6.07, 6.45) is 7.19. The van der Waals surface area contributed by atoms with Gasteiger partial charge in [0, 0.05) is 22.6 Å². The highest BCUT2D eigenvalue weighted by molar-refractivity contribution is 7.99. The maximum Gasteiger partial charge on any atom is 0.300 e. The average Bonchev–Trinajstić information content (AvgIpc) is 2.86. The van der Waals surface area contributed by atoms with Crippen LogP contribution in [0.2, 0.25) is 0 Å². The Hall–Kier alpha value is -3.33. The fourth-order valence-electron chi connectivity index (χ4n) is 7.23. The number of hydrogen-bond donors (Lipinski definition) is 1. The van der Waals surface area contributed by atoms with Crippen molar-refractivity contribution in [2.75, 3.05) is 5.75 Å². The Bertz CT molecular complexity index is 1570. The molecule has 7 nitrogen and oxygen atoms in total. The maximum absolute atomic E-state index is 14.0. The molecule has 4 aliphatic rings. The fourth-order valence-corrected chi connectivity index (χ4v) is 7.97. The lowest BCUT2D eigenvalue weighted by atomic mass is 9.53. The SMILES string of the molecule is O=C(CSc1nc2cc(F)ccc2c2nc(=O)c(-c3ccccc3)nn12)NC12CC3CC(CC(C3)C1)C2. The highest BCUT2D eigenvalue weighted by Gasteiger charge is 2.51. The largest absolute Gasteiger partial charge is 0.350 e. The van der Waals surface area contributed by atoms with E-state index in [1.54, 1.807) is 18.2 Å². The van der Waals surface area contributed by atoms with Crippen molar-refractivity contribution < 1.29 is 9.18 Å². The lowest BCUT2D eigenvalue weighted by molar-refractivity contribution is -0.124. The molecule has 2 aromatic carbocycles. The molecule has 37 heavy (non-hydrogen) atoms. The van der Waals surface area contributed by atoms with E-state index in [9.17, 15) is 14.0 Å². The van der Waals surface area contributed by atoms with Crippen LogP contribution in [0.4, 0.5) is 4.39 Å². The monoisotopic (exact) mass is 515 g/mol. The molecule has 2 aromatic heterocycles. The van der Waals surface area contributed by atoms with E-state index >= 15 is 0 Å². The number of carbonyl (C=O) groups is 1. The van der Waals surface area contributed by atoms with Gasteiger partial charge in [0.25, 0.3) is 5.56 Å². The molecule has 188 valence electrons. The van der Waals surface area contributed by atoms with Gasteiger partial charge in [0.1, 0.15) is 5.82 Å². The molecule has 1 amide bonds. The minimum Gasteiger partial charge on any atom is -0.350 e. The molecule has 8 rings (SSSR count). The second-order valence-corrected chi connectivity index (χ2v) is 11.9. The molecule has 0 radical (unpaired) electrons. The van der Waals surface area contributed by atoms with Crippen LogP contribution < -0.4 is 10.9 Å². The predicted octanol–water partition coefficient (Wildman–Crippen LogP) is 4.62. The number of carbonyl (C=O) groups excluding carboxylic acids is 1. The minimum atomic E-state index is -0.474. The van der Waals surface area contributed by atoms with Crippen LogP contribution in [0.3, 0.4) is 0 Å². The van der Waals surface area contributed by atoms with E-state index in [4.69, 9.17) is 0 Å². The average molecular weight is 516 g/mol. The molecular formula is C28H26FN5O2S. The number of halogens is 1. The molecule has 4 bridgehead atoms. The summed E-state index contributed by atoms with van der Waals surface area (Å²) in [6, 6.07) is 13.3. The van der Waals surface area contributed by atoms with Crippen molar-refractivity contribution in [2.45, 2.75) is 49.2 Å². The zero-order valence-corrected chi connectivity index (χ0v) is 21.0. The van der Waals surface area contributed by atoms with Gasteiger partial charge < -0.3 is 5.32 Å². The Morgan fingerprint density at radius 2 is 1.73 bits per heavy atom. The van der Waals surface area contributed by atoms with Gasteiger partial charge in [0.15, 0.2) is 16.5 Å². The molecule has 0 unspecified atom stereocenters.